The van der Waals surface area contributed by atoms with Crippen molar-refractivity contribution in [3.63, 3.8) is 0 Å². The molecular formula is C21H20N2O. The van der Waals surface area contributed by atoms with Crippen LogP contribution in [0.25, 0.3) is 0 Å². The Morgan fingerprint density at radius 2 is 1.79 bits per heavy atom. The van der Waals surface area contributed by atoms with E-state index in [0.29, 0.717) is 0 Å². The normalized spacial score (nSPS) is 23.4. The van der Waals surface area contributed by atoms with E-state index in [9.17, 15) is 5.26 Å². The standard InChI is InChI=1S/C21H20N2O/c1-2-8-19-23-18-12-7-6-11-17(18)21(24-19,20(15-22)13-14-20)16-9-4-3-5-10-16/h3-7,9-12H,2,8,13-14H2,1H3. The van der Waals surface area contributed by atoms with E-state index >= 15 is 0 Å². The van der Waals surface area contributed by atoms with Crippen LogP contribution in [0.3, 0.4) is 0 Å². The number of nitrogens with zero attached hydrogens (tertiary/aromatic N) is 2. The summed E-state index contributed by atoms with van der Waals surface area (Å²) >= 11 is 0. The quantitative estimate of drug-likeness (QED) is 0.788. The van der Waals surface area contributed by atoms with E-state index < -0.39 is 11.0 Å². The second kappa shape index (κ2) is 5.49. The minimum Gasteiger partial charge on any atom is -0.463 e. The van der Waals surface area contributed by atoms with Gasteiger partial charge in [-0.1, -0.05) is 55.5 Å². The van der Waals surface area contributed by atoms with Crippen LogP contribution in [0.2, 0.25) is 0 Å². The Kier molecular flexibility index (Phi) is 3.42. The van der Waals surface area contributed by atoms with E-state index in [4.69, 9.17) is 9.73 Å². The Morgan fingerprint density at radius 1 is 1.08 bits per heavy atom. The Morgan fingerprint density at radius 3 is 2.46 bits per heavy atom. The number of benzene rings is 2. The number of para-hydroxylation sites is 1. The van der Waals surface area contributed by atoms with Crippen molar-refractivity contribution in [1.29, 1.82) is 5.26 Å². The molecule has 0 radical (unpaired) electrons. The molecule has 1 heterocycles. The van der Waals surface area contributed by atoms with Gasteiger partial charge in [0.15, 0.2) is 11.5 Å². The highest BCUT2D eigenvalue weighted by Gasteiger charge is 2.65. The fourth-order valence-electron chi connectivity index (χ4n) is 3.77. The van der Waals surface area contributed by atoms with Crippen molar-refractivity contribution < 1.29 is 4.74 Å². The molecule has 1 fully saturated rings. The lowest BCUT2D eigenvalue weighted by molar-refractivity contribution is 0.0352. The molecule has 2 aromatic rings. The molecule has 3 nitrogen and oxygen atoms in total. The summed E-state index contributed by atoms with van der Waals surface area (Å²) in [6.07, 6.45) is 3.45. The van der Waals surface area contributed by atoms with E-state index in [2.05, 4.69) is 31.2 Å². The van der Waals surface area contributed by atoms with Crippen molar-refractivity contribution in [2.75, 3.05) is 0 Å². The summed E-state index contributed by atoms with van der Waals surface area (Å²) < 4.78 is 6.57. The topological polar surface area (TPSA) is 45.4 Å². The molecule has 3 heteroatoms. The van der Waals surface area contributed by atoms with Gasteiger partial charge in [-0.2, -0.15) is 5.26 Å². The Bertz CT molecular complexity index is 830. The van der Waals surface area contributed by atoms with Crippen LogP contribution >= 0.6 is 0 Å². The second-order valence-corrected chi connectivity index (χ2v) is 6.62. The van der Waals surface area contributed by atoms with Gasteiger partial charge in [0, 0.05) is 17.5 Å². The summed E-state index contributed by atoms with van der Waals surface area (Å²) in [6.45, 7) is 2.12. The maximum atomic E-state index is 10.0. The number of aliphatic imine (C=N–C) groups is 1. The van der Waals surface area contributed by atoms with Crippen LogP contribution in [-0.4, -0.2) is 5.90 Å². The van der Waals surface area contributed by atoms with Gasteiger partial charge in [0.1, 0.15) is 5.41 Å². The first-order valence-electron chi connectivity index (χ1n) is 8.58. The number of ether oxygens (including phenoxy) is 1. The monoisotopic (exact) mass is 316 g/mol. The van der Waals surface area contributed by atoms with E-state index in [-0.39, 0.29) is 0 Å². The van der Waals surface area contributed by atoms with Gasteiger partial charge in [-0.15, -0.1) is 0 Å². The molecule has 0 saturated heterocycles. The second-order valence-electron chi connectivity index (χ2n) is 6.62. The molecule has 1 aliphatic heterocycles. The van der Waals surface area contributed by atoms with Gasteiger partial charge in [0.2, 0.25) is 0 Å². The van der Waals surface area contributed by atoms with Crippen LogP contribution in [0.5, 0.6) is 0 Å². The first-order valence-corrected chi connectivity index (χ1v) is 8.58. The third-order valence-corrected chi connectivity index (χ3v) is 5.08. The zero-order valence-electron chi connectivity index (χ0n) is 13.8. The lowest BCUT2D eigenvalue weighted by Crippen LogP contribution is -2.44. The van der Waals surface area contributed by atoms with Gasteiger partial charge < -0.3 is 4.74 Å². The predicted molar refractivity (Wildman–Crippen MR) is 94.0 cm³/mol. The summed E-state index contributed by atoms with van der Waals surface area (Å²) in [5.41, 5.74) is 1.71. The number of hydrogen-bond acceptors (Lipinski definition) is 3. The number of hydrogen-bond donors (Lipinski definition) is 0. The van der Waals surface area contributed by atoms with Crippen molar-refractivity contribution in [1.82, 2.24) is 0 Å². The minimum atomic E-state index is -0.758. The first kappa shape index (κ1) is 15.0. The molecular weight excluding hydrogens is 296 g/mol. The van der Waals surface area contributed by atoms with Crippen LogP contribution in [0, 0.1) is 16.7 Å². The van der Waals surface area contributed by atoms with E-state index in [0.717, 1.165) is 48.4 Å². The predicted octanol–water partition coefficient (Wildman–Crippen LogP) is 5.09. The molecule has 0 bridgehead atoms. The van der Waals surface area contributed by atoms with Crippen LogP contribution in [0.1, 0.15) is 43.7 Å². The van der Waals surface area contributed by atoms with Crippen molar-refractivity contribution in [3.8, 4) is 6.07 Å². The summed E-state index contributed by atoms with van der Waals surface area (Å²) in [7, 11) is 0. The highest BCUT2D eigenvalue weighted by Crippen LogP contribution is 2.64. The zero-order chi connectivity index (χ0) is 16.6. The number of fused-ring (bicyclic) bond motifs is 1. The Balaban J connectivity index is 2.00. The molecule has 1 atom stereocenters. The molecule has 1 unspecified atom stereocenters. The minimum absolute atomic E-state index is 0.514. The molecule has 24 heavy (non-hydrogen) atoms. The summed E-state index contributed by atoms with van der Waals surface area (Å²) in [5.74, 6) is 0.738. The van der Waals surface area contributed by atoms with Gasteiger partial charge in [-0.05, 0) is 25.3 Å². The van der Waals surface area contributed by atoms with Crippen LogP contribution in [-0.2, 0) is 10.3 Å². The molecule has 0 amide bonds. The Hall–Kier alpha value is -2.60. The highest BCUT2D eigenvalue weighted by molar-refractivity contribution is 5.84. The van der Waals surface area contributed by atoms with Crippen molar-refractivity contribution in [2.45, 2.75) is 38.2 Å². The summed E-state index contributed by atoms with van der Waals surface area (Å²) in [5, 5.41) is 10.0. The molecule has 2 aromatic carbocycles. The van der Waals surface area contributed by atoms with Gasteiger partial charge in [0.25, 0.3) is 0 Å². The van der Waals surface area contributed by atoms with Gasteiger partial charge in [0.05, 0.1) is 11.8 Å². The molecule has 1 aliphatic carbocycles. The van der Waals surface area contributed by atoms with E-state index in [1.807, 2.05) is 36.4 Å². The molecule has 120 valence electrons. The molecule has 0 spiro atoms. The fraction of sp³-hybridized carbons (Fsp3) is 0.333. The lowest BCUT2D eigenvalue weighted by Gasteiger charge is -2.42. The zero-order valence-corrected chi connectivity index (χ0v) is 13.8. The molecule has 2 aliphatic rings. The number of nitriles is 1. The average Bonchev–Trinajstić information content (AvgIpc) is 3.43. The van der Waals surface area contributed by atoms with Crippen LogP contribution < -0.4 is 0 Å². The van der Waals surface area contributed by atoms with Gasteiger partial charge in [-0.25, -0.2) is 4.99 Å². The van der Waals surface area contributed by atoms with Gasteiger partial charge in [-0.3, -0.25) is 0 Å². The van der Waals surface area contributed by atoms with E-state index in [1.165, 1.54) is 0 Å². The van der Waals surface area contributed by atoms with Crippen molar-refractivity contribution in [3.05, 3.63) is 65.7 Å². The molecule has 1 saturated carbocycles. The summed E-state index contributed by atoms with van der Waals surface area (Å²) in [4.78, 5) is 4.72. The maximum Gasteiger partial charge on any atom is 0.190 e. The maximum absolute atomic E-state index is 10.0. The first-order chi connectivity index (χ1) is 11.8. The largest absolute Gasteiger partial charge is 0.463 e. The smallest absolute Gasteiger partial charge is 0.190 e. The summed E-state index contributed by atoms with van der Waals surface area (Å²) in [6, 6.07) is 20.9. The van der Waals surface area contributed by atoms with Crippen molar-refractivity contribution >= 4 is 11.6 Å². The third-order valence-electron chi connectivity index (χ3n) is 5.08. The van der Waals surface area contributed by atoms with Crippen LogP contribution in [0.15, 0.2) is 59.6 Å². The SMILES string of the molecule is CCCC1=Nc2ccccc2C(c2ccccc2)(C2(C#N)CC2)O1. The third kappa shape index (κ3) is 1.99. The van der Waals surface area contributed by atoms with Gasteiger partial charge >= 0.3 is 0 Å². The molecule has 0 aromatic heterocycles. The van der Waals surface area contributed by atoms with Crippen molar-refractivity contribution in [2.24, 2.45) is 10.4 Å². The highest BCUT2D eigenvalue weighted by atomic mass is 16.5. The van der Waals surface area contributed by atoms with E-state index in [1.54, 1.807) is 0 Å². The van der Waals surface area contributed by atoms with Crippen LogP contribution in [0.4, 0.5) is 5.69 Å². The average molecular weight is 316 g/mol. The molecule has 4 rings (SSSR count). The fourth-order valence-corrected chi connectivity index (χ4v) is 3.77. The number of rotatable bonds is 4. The lowest BCUT2D eigenvalue weighted by atomic mass is 9.72. The Labute approximate surface area is 142 Å². The molecule has 0 N–H and O–H groups in total.